The van der Waals surface area contributed by atoms with Crippen molar-refractivity contribution in [3.8, 4) is 0 Å². The molecule has 0 saturated carbocycles. The smallest absolute Gasteiger partial charge is 0.184 e. The molecule has 0 radical (unpaired) electrons. The van der Waals surface area contributed by atoms with Gasteiger partial charge in [0.1, 0.15) is 0 Å². The Morgan fingerprint density at radius 3 is 1.47 bits per heavy atom. The monoisotopic (exact) mass is 272 g/mol. The summed E-state index contributed by atoms with van der Waals surface area (Å²) in [6.07, 6.45) is 3.53. The predicted molar refractivity (Wildman–Crippen MR) is 75.0 cm³/mol. The van der Waals surface area contributed by atoms with E-state index in [1.807, 2.05) is 0 Å². The average molecular weight is 272 g/mol. The number of rotatable bonds is 6. The highest BCUT2D eigenvalue weighted by molar-refractivity contribution is 6.70. The molecule has 0 fully saturated rings. The van der Waals surface area contributed by atoms with E-state index in [0.717, 1.165) is 11.1 Å². The summed E-state index contributed by atoms with van der Waals surface area (Å²) in [4.78, 5) is 0. The van der Waals surface area contributed by atoms with Gasteiger partial charge in [-0.05, 0) is 39.3 Å². The minimum Gasteiger partial charge on any atom is -0.472 e. The standard InChI is InChI=1S/C12H24O3Si2/c1-16(2,3)14-9-11-7-13-8-12(11)10-15-17(4,5)6/h7-8H,9-10H2,1-6H3. The molecule has 3 nitrogen and oxygen atoms in total. The average Bonchev–Trinajstić information content (AvgIpc) is 2.56. The Labute approximate surface area is 106 Å². The first-order valence-corrected chi connectivity index (χ1v) is 12.8. The number of hydrogen-bond acceptors (Lipinski definition) is 3. The van der Waals surface area contributed by atoms with Crippen molar-refractivity contribution in [3.63, 3.8) is 0 Å². The number of furan rings is 1. The summed E-state index contributed by atoms with van der Waals surface area (Å²) >= 11 is 0. The lowest BCUT2D eigenvalue weighted by Gasteiger charge is -2.19. The fraction of sp³-hybridized carbons (Fsp3) is 0.667. The van der Waals surface area contributed by atoms with Gasteiger partial charge in [-0.25, -0.2) is 0 Å². The topological polar surface area (TPSA) is 31.6 Å². The molecule has 0 unspecified atom stereocenters. The molecular weight excluding hydrogens is 248 g/mol. The van der Waals surface area contributed by atoms with Crippen LogP contribution in [-0.2, 0) is 22.1 Å². The summed E-state index contributed by atoms with van der Waals surface area (Å²) < 4.78 is 17.0. The van der Waals surface area contributed by atoms with E-state index in [1.165, 1.54) is 0 Å². The third kappa shape index (κ3) is 6.21. The Morgan fingerprint density at radius 1 is 0.824 bits per heavy atom. The van der Waals surface area contributed by atoms with Crippen molar-refractivity contribution in [3.05, 3.63) is 23.7 Å². The van der Waals surface area contributed by atoms with Gasteiger partial charge in [0.25, 0.3) is 0 Å². The van der Waals surface area contributed by atoms with Crippen LogP contribution in [0.15, 0.2) is 16.9 Å². The van der Waals surface area contributed by atoms with Crippen molar-refractivity contribution in [2.45, 2.75) is 52.5 Å². The van der Waals surface area contributed by atoms with Crippen molar-refractivity contribution in [2.24, 2.45) is 0 Å². The maximum atomic E-state index is 5.88. The first-order valence-electron chi connectivity index (χ1n) is 5.99. The van der Waals surface area contributed by atoms with Gasteiger partial charge in [0.15, 0.2) is 16.6 Å². The molecule has 98 valence electrons. The molecule has 0 spiro atoms. The van der Waals surface area contributed by atoms with Crippen LogP contribution in [0.5, 0.6) is 0 Å². The van der Waals surface area contributed by atoms with Gasteiger partial charge >= 0.3 is 0 Å². The normalized spacial score (nSPS) is 13.1. The largest absolute Gasteiger partial charge is 0.472 e. The van der Waals surface area contributed by atoms with Crippen molar-refractivity contribution in [1.29, 1.82) is 0 Å². The van der Waals surface area contributed by atoms with Gasteiger partial charge in [-0.3, -0.25) is 0 Å². The molecule has 0 atom stereocenters. The van der Waals surface area contributed by atoms with Crippen LogP contribution in [0.3, 0.4) is 0 Å². The zero-order chi connectivity index (χ0) is 13.1. The van der Waals surface area contributed by atoms with Gasteiger partial charge in [0.2, 0.25) is 0 Å². The van der Waals surface area contributed by atoms with Gasteiger partial charge in [-0.15, -0.1) is 0 Å². The Bertz CT molecular complexity index is 315. The summed E-state index contributed by atoms with van der Waals surface area (Å²) in [6.45, 7) is 14.4. The quantitative estimate of drug-likeness (QED) is 0.734. The SMILES string of the molecule is C[Si](C)(C)OCc1cocc1CO[Si](C)(C)C. The lowest BCUT2D eigenvalue weighted by molar-refractivity contribution is 0.279. The fourth-order valence-electron chi connectivity index (χ4n) is 1.19. The van der Waals surface area contributed by atoms with E-state index in [9.17, 15) is 0 Å². The Hall–Kier alpha value is -0.366. The van der Waals surface area contributed by atoms with Crippen molar-refractivity contribution in [1.82, 2.24) is 0 Å². The molecule has 0 aliphatic rings. The first-order chi connectivity index (χ1) is 7.67. The van der Waals surface area contributed by atoms with Crippen molar-refractivity contribution < 1.29 is 13.3 Å². The molecule has 0 aromatic carbocycles. The molecule has 1 aromatic heterocycles. The van der Waals surface area contributed by atoms with E-state index in [0.29, 0.717) is 13.2 Å². The maximum Gasteiger partial charge on any atom is 0.184 e. The minimum absolute atomic E-state index is 0.636. The minimum atomic E-state index is -1.47. The van der Waals surface area contributed by atoms with Crippen LogP contribution in [0.2, 0.25) is 39.3 Å². The molecule has 1 aromatic rings. The summed E-state index contributed by atoms with van der Waals surface area (Å²) in [7, 11) is -2.94. The highest BCUT2D eigenvalue weighted by Gasteiger charge is 2.18. The van der Waals surface area contributed by atoms with Gasteiger partial charge in [-0.2, -0.15) is 0 Å². The third-order valence-electron chi connectivity index (χ3n) is 2.15. The molecule has 17 heavy (non-hydrogen) atoms. The van der Waals surface area contributed by atoms with E-state index >= 15 is 0 Å². The molecule has 0 amide bonds. The number of hydrogen-bond donors (Lipinski definition) is 0. The van der Waals surface area contributed by atoms with Crippen LogP contribution in [0.1, 0.15) is 11.1 Å². The van der Waals surface area contributed by atoms with E-state index in [-0.39, 0.29) is 0 Å². The van der Waals surface area contributed by atoms with Crippen LogP contribution in [0.25, 0.3) is 0 Å². The predicted octanol–water partition coefficient (Wildman–Crippen LogP) is 3.98. The zero-order valence-corrected chi connectivity index (χ0v) is 13.8. The Balaban J connectivity index is 2.54. The second-order valence-electron chi connectivity index (χ2n) is 6.22. The first kappa shape index (κ1) is 14.7. The van der Waals surface area contributed by atoms with Crippen LogP contribution in [-0.4, -0.2) is 16.6 Å². The van der Waals surface area contributed by atoms with Gasteiger partial charge in [0, 0.05) is 11.1 Å². The van der Waals surface area contributed by atoms with Gasteiger partial charge < -0.3 is 13.3 Å². The van der Waals surface area contributed by atoms with E-state index < -0.39 is 16.6 Å². The summed E-state index contributed by atoms with van der Waals surface area (Å²) in [5, 5.41) is 0. The highest BCUT2D eigenvalue weighted by Crippen LogP contribution is 2.17. The molecule has 5 heteroatoms. The second kappa shape index (κ2) is 5.52. The molecule has 0 aliphatic heterocycles. The second-order valence-corrected chi connectivity index (χ2v) is 15.3. The van der Waals surface area contributed by atoms with Crippen LogP contribution in [0, 0.1) is 0 Å². The zero-order valence-electron chi connectivity index (χ0n) is 11.8. The third-order valence-corrected chi connectivity index (χ3v) is 4.18. The molecule has 0 aliphatic carbocycles. The van der Waals surface area contributed by atoms with Crippen LogP contribution >= 0.6 is 0 Å². The van der Waals surface area contributed by atoms with Crippen molar-refractivity contribution in [2.75, 3.05) is 0 Å². The summed E-state index contributed by atoms with van der Waals surface area (Å²) in [5.74, 6) is 0. The summed E-state index contributed by atoms with van der Waals surface area (Å²) in [5.41, 5.74) is 2.23. The molecule has 1 rings (SSSR count). The van der Waals surface area contributed by atoms with E-state index in [4.69, 9.17) is 13.3 Å². The molecule has 0 N–H and O–H groups in total. The van der Waals surface area contributed by atoms with Crippen LogP contribution < -0.4 is 0 Å². The van der Waals surface area contributed by atoms with E-state index in [1.54, 1.807) is 12.5 Å². The van der Waals surface area contributed by atoms with Gasteiger partial charge in [-0.1, -0.05) is 0 Å². The lowest BCUT2D eigenvalue weighted by Crippen LogP contribution is -2.26. The van der Waals surface area contributed by atoms with Crippen molar-refractivity contribution >= 4 is 16.6 Å². The molecular formula is C12H24O3Si2. The van der Waals surface area contributed by atoms with Crippen LogP contribution in [0.4, 0.5) is 0 Å². The maximum absolute atomic E-state index is 5.88. The Kier molecular flexibility index (Phi) is 4.77. The van der Waals surface area contributed by atoms with Gasteiger partial charge in [0.05, 0.1) is 25.7 Å². The molecule has 0 bridgehead atoms. The van der Waals surface area contributed by atoms with E-state index in [2.05, 4.69) is 39.3 Å². The summed E-state index contributed by atoms with van der Waals surface area (Å²) in [6, 6.07) is 0. The molecule has 1 heterocycles. The lowest BCUT2D eigenvalue weighted by atomic mass is 10.2. The highest BCUT2D eigenvalue weighted by atomic mass is 28.4. The Morgan fingerprint density at radius 2 is 1.18 bits per heavy atom. The fourth-order valence-corrected chi connectivity index (χ4v) is 2.37. The molecule has 0 saturated heterocycles.